The first-order valence-corrected chi connectivity index (χ1v) is 7.79. The molecule has 24 heavy (non-hydrogen) atoms. The molecule has 3 N–H and O–H groups in total. The van der Waals surface area contributed by atoms with E-state index in [1.165, 1.54) is 6.07 Å². The third kappa shape index (κ3) is 3.84. The maximum Gasteiger partial charge on any atom is 0.319 e. The van der Waals surface area contributed by atoms with E-state index in [1.807, 2.05) is 30.3 Å². The Hall–Kier alpha value is -3.02. The topological polar surface area (TPSA) is 81.7 Å². The number of amides is 3. The number of urea groups is 1. The minimum absolute atomic E-state index is 0.000789. The lowest BCUT2D eigenvalue weighted by molar-refractivity contribution is -0.128. The van der Waals surface area contributed by atoms with Crippen molar-refractivity contribution in [2.75, 3.05) is 11.9 Å². The lowest BCUT2D eigenvalue weighted by atomic mass is 10.2. The zero-order valence-corrected chi connectivity index (χ0v) is 13.1. The van der Waals surface area contributed by atoms with E-state index in [0.717, 1.165) is 5.56 Å². The lowest BCUT2D eigenvalue weighted by Gasteiger charge is -2.17. The van der Waals surface area contributed by atoms with E-state index < -0.39 is 6.03 Å². The van der Waals surface area contributed by atoms with Crippen molar-refractivity contribution < 1.29 is 14.7 Å². The highest BCUT2D eigenvalue weighted by atomic mass is 16.3. The number of rotatable bonds is 4. The third-order valence-corrected chi connectivity index (χ3v) is 3.92. The Morgan fingerprint density at radius 2 is 1.83 bits per heavy atom. The summed E-state index contributed by atoms with van der Waals surface area (Å²) in [4.78, 5) is 25.9. The smallest absolute Gasteiger partial charge is 0.319 e. The first kappa shape index (κ1) is 15.9. The molecular formula is C18H19N3O3. The van der Waals surface area contributed by atoms with E-state index in [2.05, 4.69) is 10.6 Å². The molecule has 3 amide bonds. The molecule has 2 aromatic carbocycles. The van der Waals surface area contributed by atoms with Crippen molar-refractivity contribution in [3.63, 3.8) is 0 Å². The molecule has 2 aromatic rings. The van der Waals surface area contributed by atoms with Crippen LogP contribution in [0.2, 0.25) is 0 Å². The number of nitrogens with one attached hydrogen (secondary N) is 2. The SMILES string of the molecule is O=C(Nc1ccccc1O)NC1CC(=O)N(Cc2ccccc2)C1. The first-order valence-electron chi connectivity index (χ1n) is 7.79. The fourth-order valence-electron chi connectivity index (χ4n) is 2.75. The second-order valence-electron chi connectivity index (χ2n) is 5.78. The van der Waals surface area contributed by atoms with Crippen LogP contribution in [0.5, 0.6) is 5.75 Å². The van der Waals surface area contributed by atoms with E-state index in [9.17, 15) is 14.7 Å². The molecule has 3 rings (SSSR count). The Kier molecular flexibility index (Phi) is 4.65. The summed E-state index contributed by atoms with van der Waals surface area (Å²) < 4.78 is 0. The fourth-order valence-corrected chi connectivity index (χ4v) is 2.75. The van der Waals surface area contributed by atoms with E-state index in [4.69, 9.17) is 0 Å². The largest absolute Gasteiger partial charge is 0.506 e. The van der Waals surface area contributed by atoms with Gasteiger partial charge in [0, 0.05) is 19.5 Å². The van der Waals surface area contributed by atoms with Gasteiger partial charge in [-0.3, -0.25) is 4.79 Å². The molecule has 6 nitrogen and oxygen atoms in total. The van der Waals surface area contributed by atoms with Crippen LogP contribution in [-0.4, -0.2) is 34.5 Å². The van der Waals surface area contributed by atoms with E-state index in [-0.39, 0.29) is 24.1 Å². The Labute approximate surface area is 140 Å². The van der Waals surface area contributed by atoms with Gasteiger partial charge < -0.3 is 20.6 Å². The molecule has 1 unspecified atom stereocenters. The van der Waals surface area contributed by atoms with Gasteiger partial charge in [-0.2, -0.15) is 0 Å². The highest BCUT2D eigenvalue weighted by molar-refractivity contribution is 5.91. The number of likely N-dealkylation sites (tertiary alicyclic amines) is 1. The van der Waals surface area contributed by atoms with Crippen LogP contribution in [0.1, 0.15) is 12.0 Å². The molecule has 0 spiro atoms. The predicted molar refractivity (Wildman–Crippen MR) is 90.5 cm³/mol. The average Bonchev–Trinajstić information content (AvgIpc) is 2.90. The Morgan fingerprint density at radius 3 is 2.58 bits per heavy atom. The van der Waals surface area contributed by atoms with Crippen LogP contribution in [0.3, 0.4) is 0 Å². The van der Waals surface area contributed by atoms with Crippen LogP contribution in [0.15, 0.2) is 54.6 Å². The van der Waals surface area contributed by atoms with Gasteiger partial charge in [0.15, 0.2) is 0 Å². The fraction of sp³-hybridized carbons (Fsp3) is 0.222. The van der Waals surface area contributed by atoms with Gasteiger partial charge in [-0.05, 0) is 17.7 Å². The summed E-state index contributed by atoms with van der Waals surface area (Å²) in [5.74, 6) is 0.0209. The van der Waals surface area contributed by atoms with Gasteiger partial charge in [0.2, 0.25) is 5.91 Å². The van der Waals surface area contributed by atoms with Gasteiger partial charge in [0.1, 0.15) is 5.75 Å². The zero-order chi connectivity index (χ0) is 16.9. The molecule has 124 valence electrons. The number of carbonyl (C=O) groups is 2. The van der Waals surface area contributed by atoms with Crippen LogP contribution >= 0.6 is 0 Å². The molecule has 0 saturated carbocycles. The minimum Gasteiger partial charge on any atom is -0.506 e. The maximum atomic E-state index is 12.1. The number of nitrogens with zero attached hydrogens (tertiary/aromatic N) is 1. The average molecular weight is 325 g/mol. The Morgan fingerprint density at radius 1 is 1.12 bits per heavy atom. The second kappa shape index (κ2) is 7.04. The summed E-state index contributed by atoms with van der Waals surface area (Å²) in [6, 6.07) is 15.6. The summed E-state index contributed by atoms with van der Waals surface area (Å²) >= 11 is 0. The van der Waals surface area contributed by atoms with Crippen molar-refractivity contribution in [1.29, 1.82) is 0 Å². The first-order chi connectivity index (χ1) is 11.6. The van der Waals surface area contributed by atoms with Gasteiger partial charge >= 0.3 is 6.03 Å². The number of para-hydroxylation sites is 2. The number of hydrogen-bond donors (Lipinski definition) is 3. The number of carbonyl (C=O) groups excluding carboxylic acids is 2. The normalized spacial score (nSPS) is 16.9. The molecule has 0 bridgehead atoms. The number of anilines is 1. The Bertz CT molecular complexity index is 733. The van der Waals surface area contributed by atoms with E-state index in [1.54, 1.807) is 23.1 Å². The van der Waals surface area contributed by atoms with Crippen LogP contribution in [-0.2, 0) is 11.3 Å². The molecule has 1 aliphatic rings. The van der Waals surface area contributed by atoms with Gasteiger partial charge in [-0.1, -0.05) is 42.5 Å². The standard InChI is InChI=1S/C18H19N3O3/c22-16-9-5-4-8-15(16)20-18(24)19-14-10-17(23)21(12-14)11-13-6-2-1-3-7-13/h1-9,14,22H,10-12H2,(H2,19,20,24). The van der Waals surface area contributed by atoms with Gasteiger partial charge in [0.25, 0.3) is 0 Å². The van der Waals surface area contributed by atoms with Crippen LogP contribution in [0.4, 0.5) is 10.5 Å². The molecule has 6 heteroatoms. The predicted octanol–water partition coefficient (Wildman–Crippen LogP) is 2.31. The number of phenols is 1. The summed E-state index contributed by atoms with van der Waals surface area (Å²) in [5.41, 5.74) is 1.39. The quantitative estimate of drug-likeness (QED) is 0.755. The number of phenolic OH excluding ortho intramolecular Hbond substituents is 1. The molecule has 0 radical (unpaired) electrons. The molecule has 1 saturated heterocycles. The van der Waals surface area contributed by atoms with Crippen molar-refractivity contribution in [2.24, 2.45) is 0 Å². The lowest BCUT2D eigenvalue weighted by Crippen LogP contribution is -2.39. The van der Waals surface area contributed by atoms with Crippen molar-refractivity contribution >= 4 is 17.6 Å². The maximum absolute atomic E-state index is 12.1. The zero-order valence-electron chi connectivity index (χ0n) is 13.1. The van der Waals surface area contributed by atoms with Crippen molar-refractivity contribution in [2.45, 2.75) is 19.0 Å². The van der Waals surface area contributed by atoms with Gasteiger partial charge in [0.05, 0.1) is 11.7 Å². The van der Waals surface area contributed by atoms with Crippen LogP contribution < -0.4 is 10.6 Å². The summed E-state index contributed by atoms with van der Waals surface area (Å²) in [7, 11) is 0. The van der Waals surface area contributed by atoms with Crippen molar-refractivity contribution in [3.8, 4) is 5.75 Å². The molecule has 1 fully saturated rings. The summed E-state index contributed by atoms with van der Waals surface area (Å²) in [6.45, 7) is 1.01. The summed E-state index contributed by atoms with van der Waals surface area (Å²) in [6.07, 6.45) is 0.279. The monoisotopic (exact) mass is 325 g/mol. The number of benzene rings is 2. The molecule has 1 heterocycles. The molecule has 1 aliphatic heterocycles. The third-order valence-electron chi connectivity index (χ3n) is 3.92. The van der Waals surface area contributed by atoms with E-state index >= 15 is 0 Å². The highest BCUT2D eigenvalue weighted by Gasteiger charge is 2.30. The number of hydrogen-bond acceptors (Lipinski definition) is 3. The van der Waals surface area contributed by atoms with Crippen LogP contribution in [0, 0.1) is 0 Å². The van der Waals surface area contributed by atoms with Gasteiger partial charge in [-0.25, -0.2) is 4.79 Å². The van der Waals surface area contributed by atoms with E-state index in [0.29, 0.717) is 18.8 Å². The molecule has 1 atom stereocenters. The van der Waals surface area contributed by atoms with Gasteiger partial charge in [-0.15, -0.1) is 0 Å². The number of aromatic hydroxyl groups is 1. The molecular weight excluding hydrogens is 306 g/mol. The minimum atomic E-state index is -0.434. The molecule has 0 aromatic heterocycles. The highest BCUT2D eigenvalue weighted by Crippen LogP contribution is 2.21. The Balaban J connectivity index is 1.54. The molecule has 0 aliphatic carbocycles. The summed E-state index contributed by atoms with van der Waals surface area (Å²) in [5, 5.41) is 15.0. The van der Waals surface area contributed by atoms with Crippen molar-refractivity contribution in [3.05, 3.63) is 60.2 Å². The second-order valence-corrected chi connectivity index (χ2v) is 5.78. The van der Waals surface area contributed by atoms with Crippen LogP contribution in [0.25, 0.3) is 0 Å². The van der Waals surface area contributed by atoms with Crippen molar-refractivity contribution in [1.82, 2.24) is 10.2 Å².